The van der Waals surface area contributed by atoms with E-state index in [0.717, 1.165) is 16.3 Å². The smallest absolute Gasteiger partial charge is 0.309 e. The minimum atomic E-state index is -0.851. The summed E-state index contributed by atoms with van der Waals surface area (Å²) < 4.78 is 0. The van der Waals surface area contributed by atoms with Crippen molar-refractivity contribution in [1.82, 2.24) is 5.32 Å². The lowest BCUT2D eigenvalue weighted by Gasteiger charge is -2.19. The number of nitrogens with one attached hydrogen (secondary N) is 1. The van der Waals surface area contributed by atoms with E-state index in [0.29, 0.717) is 19.4 Å². The summed E-state index contributed by atoms with van der Waals surface area (Å²) in [5, 5.41) is 14.0. The van der Waals surface area contributed by atoms with Gasteiger partial charge < -0.3 is 10.4 Å². The molecule has 0 radical (unpaired) electrons. The van der Waals surface area contributed by atoms with Crippen LogP contribution < -0.4 is 5.32 Å². The largest absolute Gasteiger partial charge is 0.481 e. The number of benzene rings is 2. The lowest BCUT2D eigenvalue weighted by Crippen LogP contribution is -2.32. The molecule has 0 aromatic heterocycles. The van der Waals surface area contributed by atoms with Crippen molar-refractivity contribution >= 4 is 22.6 Å². The first-order chi connectivity index (χ1) is 10.4. The van der Waals surface area contributed by atoms with Crippen LogP contribution in [-0.4, -0.2) is 23.5 Å². The molecule has 4 nitrogen and oxygen atoms in total. The molecule has 0 saturated carbocycles. The van der Waals surface area contributed by atoms with E-state index in [-0.39, 0.29) is 5.91 Å². The number of carboxylic acid groups (broad SMARTS) is 1. The van der Waals surface area contributed by atoms with E-state index in [1.807, 2.05) is 42.5 Å². The van der Waals surface area contributed by atoms with E-state index >= 15 is 0 Å². The Hall–Kier alpha value is -2.36. The first-order valence-corrected chi connectivity index (χ1v) is 7.37. The van der Waals surface area contributed by atoms with Gasteiger partial charge in [-0.3, -0.25) is 9.59 Å². The second-order valence-electron chi connectivity index (χ2n) is 6.10. The molecule has 0 aliphatic rings. The highest BCUT2D eigenvalue weighted by Crippen LogP contribution is 2.20. The van der Waals surface area contributed by atoms with Crippen molar-refractivity contribution in [3.05, 3.63) is 48.0 Å². The molecule has 4 heteroatoms. The van der Waals surface area contributed by atoms with Gasteiger partial charge in [0.1, 0.15) is 0 Å². The number of aliphatic carboxylic acids is 1. The fraction of sp³-hybridized carbons (Fsp3) is 0.333. The summed E-state index contributed by atoms with van der Waals surface area (Å²) in [7, 11) is 0. The van der Waals surface area contributed by atoms with Crippen molar-refractivity contribution in [2.75, 3.05) is 6.54 Å². The minimum Gasteiger partial charge on any atom is -0.481 e. The Morgan fingerprint density at radius 1 is 1.09 bits per heavy atom. The van der Waals surface area contributed by atoms with Crippen LogP contribution in [0, 0.1) is 5.41 Å². The number of carbonyl (C=O) groups is 2. The average Bonchev–Trinajstić information content (AvgIpc) is 2.47. The Bertz CT molecular complexity index is 686. The third-order valence-electron chi connectivity index (χ3n) is 3.88. The fourth-order valence-corrected chi connectivity index (χ4v) is 2.30. The molecule has 0 saturated heterocycles. The molecule has 2 rings (SSSR count). The topological polar surface area (TPSA) is 66.4 Å². The third-order valence-corrected chi connectivity index (χ3v) is 3.88. The first-order valence-electron chi connectivity index (χ1n) is 7.37. The monoisotopic (exact) mass is 299 g/mol. The number of rotatable bonds is 6. The van der Waals surface area contributed by atoms with E-state index in [9.17, 15) is 9.59 Å². The molecule has 1 amide bonds. The van der Waals surface area contributed by atoms with E-state index in [1.165, 1.54) is 0 Å². The number of hydrogen-bond donors (Lipinski definition) is 2. The van der Waals surface area contributed by atoms with Crippen LogP contribution in [0.1, 0.15) is 25.8 Å². The SMILES string of the molecule is CC(C)(CCNC(=O)Cc1cccc2ccccc12)C(=O)O. The first kappa shape index (κ1) is 16.0. The van der Waals surface area contributed by atoms with Gasteiger partial charge in [0.25, 0.3) is 0 Å². The van der Waals surface area contributed by atoms with Crippen LogP contribution >= 0.6 is 0 Å². The molecule has 2 N–H and O–H groups in total. The molecule has 0 bridgehead atoms. The number of fused-ring (bicyclic) bond motifs is 1. The summed E-state index contributed by atoms with van der Waals surface area (Å²) in [5.74, 6) is -0.937. The quantitative estimate of drug-likeness (QED) is 0.861. The third kappa shape index (κ3) is 3.85. The Morgan fingerprint density at radius 3 is 2.50 bits per heavy atom. The van der Waals surface area contributed by atoms with Gasteiger partial charge in [0.15, 0.2) is 0 Å². The van der Waals surface area contributed by atoms with E-state index < -0.39 is 11.4 Å². The number of hydrogen-bond acceptors (Lipinski definition) is 2. The zero-order chi connectivity index (χ0) is 16.2. The maximum Gasteiger partial charge on any atom is 0.309 e. The second kappa shape index (κ2) is 6.60. The fourth-order valence-electron chi connectivity index (χ4n) is 2.30. The number of carbonyl (C=O) groups excluding carboxylic acids is 1. The van der Waals surface area contributed by atoms with Crippen molar-refractivity contribution < 1.29 is 14.7 Å². The Morgan fingerprint density at radius 2 is 1.77 bits per heavy atom. The lowest BCUT2D eigenvalue weighted by molar-refractivity contribution is -0.147. The van der Waals surface area contributed by atoms with Crippen molar-refractivity contribution in [1.29, 1.82) is 0 Å². The van der Waals surface area contributed by atoms with Gasteiger partial charge in [-0.25, -0.2) is 0 Å². The maximum absolute atomic E-state index is 12.1. The molecule has 0 unspecified atom stereocenters. The molecule has 0 spiro atoms. The maximum atomic E-state index is 12.1. The minimum absolute atomic E-state index is 0.0856. The highest BCUT2D eigenvalue weighted by atomic mass is 16.4. The highest BCUT2D eigenvalue weighted by molar-refractivity contribution is 5.90. The Balaban J connectivity index is 1.96. The van der Waals surface area contributed by atoms with Crippen LogP contribution in [0.3, 0.4) is 0 Å². The summed E-state index contributed by atoms with van der Waals surface area (Å²) in [6.45, 7) is 3.68. The summed E-state index contributed by atoms with van der Waals surface area (Å²) >= 11 is 0. The zero-order valence-electron chi connectivity index (χ0n) is 12.9. The Labute approximate surface area is 130 Å². The Kier molecular flexibility index (Phi) is 4.81. The van der Waals surface area contributed by atoms with Gasteiger partial charge in [0.2, 0.25) is 5.91 Å². The van der Waals surface area contributed by atoms with Crippen molar-refractivity contribution in [3.8, 4) is 0 Å². The van der Waals surface area contributed by atoms with Crippen LogP contribution in [0.4, 0.5) is 0 Å². The molecule has 2 aromatic rings. The van der Waals surface area contributed by atoms with Gasteiger partial charge in [-0.1, -0.05) is 42.5 Å². The van der Waals surface area contributed by atoms with Crippen molar-refractivity contribution in [2.45, 2.75) is 26.7 Å². The molecule has 116 valence electrons. The van der Waals surface area contributed by atoms with Crippen LogP contribution in [0.5, 0.6) is 0 Å². The summed E-state index contributed by atoms with van der Waals surface area (Å²) in [6.07, 6.45) is 0.707. The molecule has 0 aliphatic heterocycles. The molecule has 2 aromatic carbocycles. The summed E-state index contributed by atoms with van der Waals surface area (Å²) in [4.78, 5) is 23.1. The average molecular weight is 299 g/mol. The summed E-state index contributed by atoms with van der Waals surface area (Å²) in [6, 6.07) is 13.9. The van der Waals surface area contributed by atoms with E-state index in [1.54, 1.807) is 13.8 Å². The second-order valence-corrected chi connectivity index (χ2v) is 6.10. The summed E-state index contributed by atoms with van der Waals surface area (Å²) in [5.41, 5.74) is 0.153. The molecule has 0 heterocycles. The van der Waals surface area contributed by atoms with Gasteiger partial charge in [-0.05, 0) is 36.6 Å². The number of amides is 1. The molecular weight excluding hydrogens is 278 g/mol. The molecule has 0 aliphatic carbocycles. The van der Waals surface area contributed by atoms with Gasteiger partial charge in [-0.15, -0.1) is 0 Å². The van der Waals surface area contributed by atoms with Gasteiger partial charge >= 0.3 is 5.97 Å². The number of carboxylic acids is 1. The van der Waals surface area contributed by atoms with Crippen LogP contribution in [0.25, 0.3) is 10.8 Å². The van der Waals surface area contributed by atoms with Crippen molar-refractivity contribution in [2.24, 2.45) is 5.41 Å². The standard InChI is InChI=1S/C18H21NO3/c1-18(2,17(21)22)10-11-19-16(20)12-14-8-5-7-13-6-3-4-9-15(13)14/h3-9H,10-12H2,1-2H3,(H,19,20)(H,21,22). The normalized spacial score (nSPS) is 11.4. The molecule has 0 atom stereocenters. The molecule has 0 fully saturated rings. The van der Waals surface area contributed by atoms with Crippen molar-refractivity contribution in [3.63, 3.8) is 0 Å². The van der Waals surface area contributed by atoms with Gasteiger partial charge in [-0.2, -0.15) is 0 Å². The van der Waals surface area contributed by atoms with E-state index in [2.05, 4.69) is 5.32 Å². The van der Waals surface area contributed by atoms with E-state index in [4.69, 9.17) is 5.11 Å². The van der Waals surface area contributed by atoms with Crippen LogP contribution in [-0.2, 0) is 16.0 Å². The highest BCUT2D eigenvalue weighted by Gasteiger charge is 2.26. The van der Waals surface area contributed by atoms with Crippen LogP contribution in [0.15, 0.2) is 42.5 Å². The molecular formula is C18H21NO3. The zero-order valence-corrected chi connectivity index (χ0v) is 12.9. The van der Waals surface area contributed by atoms with Gasteiger partial charge in [0.05, 0.1) is 11.8 Å². The predicted molar refractivity (Wildman–Crippen MR) is 86.7 cm³/mol. The van der Waals surface area contributed by atoms with Crippen LogP contribution in [0.2, 0.25) is 0 Å². The lowest BCUT2D eigenvalue weighted by atomic mass is 9.89. The van der Waals surface area contributed by atoms with Gasteiger partial charge in [0, 0.05) is 6.54 Å². The predicted octanol–water partition coefficient (Wildman–Crippen LogP) is 3.00. The molecule has 22 heavy (non-hydrogen) atoms.